The van der Waals surface area contributed by atoms with E-state index in [1.807, 2.05) is 0 Å². The van der Waals surface area contributed by atoms with Crippen molar-refractivity contribution >= 4 is 5.91 Å². The Labute approximate surface area is 166 Å². The second-order valence-corrected chi connectivity index (χ2v) is 7.32. The normalized spacial score (nSPS) is 16.6. The number of nitrogens with two attached hydrogens (primary N) is 1. The molecule has 0 aliphatic carbocycles. The number of aliphatic hydroxyl groups is 1. The van der Waals surface area contributed by atoms with Crippen molar-refractivity contribution in [3.63, 3.8) is 0 Å². The summed E-state index contributed by atoms with van der Waals surface area (Å²) in [5, 5.41) is 10.0. The lowest BCUT2D eigenvalue weighted by atomic mass is 9.93. The Kier molecular flexibility index (Phi) is 5.81. The SMILES string of the molecule is CC1(O)CCN(C(=O)c2cccc(Oc3cc(CN)cc(C(F)(F)F)n3)c2)CC1. The van der Waals surface area contributed by atoms with E-state index in [9.17, 15) is 23.1 Å². The first-order valence-electron chi connectivity index (χ1n) is 9.15. The summed E-state index contributed by atoms with van der Waals surface area (Å²) in [5.41, 5.74) is 4.17. The summed E-state index contributed by atoms with van der Waals surface area (Å²) < 4.78 is 44.6. The summed E-state index contributed by atoms with van der Waals surface area (Å²) >= 11 is 0. The van der Waals surface area contributed by atoms with Crippen LogP contribution in [0.1, 0.15) is 41.4 Å². The van der Waals surface area contributed by atoms with Crippen LogP contribution >= 0.6 is 0 Å². The Morgan fingerprint density at radius 1 is 1.28 bits per heavy atom. The van der Waals surface area contributed by atoms with Crippen molar-refractivity contribution in [1.82, 2.24) is 9.88 Å². The van der Waals surface area contributed by atoms with Crippen molar-refractivity contribution in [1.29, 1.82) is 0 Å². The number of amides is 1. The number of likely N-dealkylation sites (tertiary alicyclic amines) is 1. The van der Waals surface area contributed by atoms with Gasteiger partial charge in [-0.1, -0.05) is 6.07 Å². The van der Waals surface area contributed by atoms with Gasteiger partial charge in [0, 0.05) is 31.3 Å². The molecule has 29 heavy (non-hydrogen) atoms. The van der Waals surface area contributed by atoms with Gasteiger partial charge in [-0.05, 0) is 49.6 Å². The summed E-state index contributed by atoms with van der Waals surface area (Å²) in [6.45, 7) is 2.48. The number of halogens is 3. The molecule has 3 rings (SSSR count). The van der Waals surface area contributed by atoms with Crippen molar-refractivity contribution in [2.45, 2.75) is 38.1 Å². The summed E-state index contributed by atoms with van der Waals surface area (Å²) in [5.74, 6) is -0.292. The Morgan fingerprint density at radius 3 is 2.59 bits per heavy atom. The number of ether oxygens (including phenoxy) is 1. The fraction of sp³-hybridized carbons (Fsp3) is 0.400. The number of piperidine rings is 1. The third kappa shape index (κ3) is 5.24. The van der Waals surface area contributed by atoms with Crippen molar-refractivity contribution < 1.29 is 27.8 Å². The van der Waals surface area contributed by atoms with Gasteiger partial charge in [-0.2, -0.15) is 13.2 Å². The first-order chi connectivity index (χ1) is 13.6. The van der Waals surface area contributed by atoms with Gasteiger partial charge in [0.25, 0.3) is 5.91 Å². The van der Waals surface area contributed by atoms with Crippen molar-refractivity contribution in [2.75, 3.05) is 13.1 Å². The summed E-state index contributed by atoms with van der Waals surface area (Å²) in [6, 6.07) is 8.38. The molecular weight excluding hydrogens is 387 g/mol. The van der Waals surface area contributed by atoms with Crippen LogP contribution in [0.5, 0.6) is 11.6 Å². The molecule has 1 saturated heterocycles. The second-order valence-electron chi connectivity index (χ2n) is 7.32. The molecule has 1 aliphatic heterocycles. The average molecular weight is 409 g/mol. The third-order valence-corrected chi connectivity index (χ3v) is 4.82. The highest BCUT2D eigenvalue weighted by Gasteiger charge is 2.33. The topological polar surface area (TPSA) is 88.7 Å². The Balaban J connectivity index is 1.79. The minimum absolute atomic E-state index is 0.0980. The molecule has 3 N–H and O–H groups in total. The van der Waals surface area contributed by atoms with Gasteiger partial charge >= 0.3 is 6.18 Å². The predicted molar refractivity (Wildman–Crippen MR) is 99.4 cm³/mol. The molecule has 1 fully saturated rings. The van der Waals surface area contributed by atoms with Gasteiger partial charge in [-0.25, -0.2) is 4.98 Å². The third-order valence-electron chi connectivity index (χ3n) is 4.82. The number of carbonyl (C=O) groups excluding carboxylic acids is 1. The van der Waals surface area contributed by atoms with E-state index in [-0.39, 0.29) is 29.6 Å². The smallest absolute Gasteiger partial charge is 0.433 e. The van der Waals surface area contributed by atoms with Crippen LogP contribution in [0.2, 0.25) is 0 Å². The molecule has 6 nitrogen and oxygen atoms in total. The van der Waals surface area contributed by atoms with E-state index in [1.165, 1.54) is 18.2 Å². The molecule has 9 heteroatoms. The lowest BCUT2D eigenvalue weighted by molar-refractivity contribution is -0.141. The Morgan fingerprint density at radius 2 is 1.97 bits per heavy atom. The summed E-state index contributed by atoms with van der Waals surface area (Å²) in [6.07, 6.45) is -3.67. The largest absolute Gasteiger partial charge is 0.439 e. The molecule has 156 valence electrons. The van der Waals surface area contributed by atoms with E-state index in [4.69, 9.17) is 10.5 Å². The van der Waals surface area contributed by atoms with Crippen LogP contribution in [0.25, 0.3) is 0 Å². The highest BCUT2D eigenvalue weighted by atomic mass is 19.4. The molecule has 1 aliphatic rings. The zero-order valence-electron chi connectivity index (χ0n) is 15.9. The predicted octanol–water partition coefficient (Wildman–Crippen LogP) is 3.34. The number of hydrogen-bond donors (Lipinski definition) is 2. The lowest BCUT2D eigenvalue weighted by Gasteiger charge is -2.35. The quantitative estimate of drug-likeness (QED) is 0.809. The highest BCUT2D eigenvalue weighted by Crippen LogP contribution is 2.31. The Hall–Kier alpha value is -2.65. The van der Waals surface area contributed by atoms with Crippen molar-refractivity contribution in [3.05, 3.63) is 53.2 Å². The van der Waals surface area contributed by atoms with Crippen LogP contribution in [0.4, 0.5) is 13.2 Å². The number of pyridine rings is 1. The number of nitrogens with zero attached hydrogens (tertiary/aromatic N) is 2. The van der Waals surface area contributed by atoms with Crippen molar-refractivity contribution in [3.8, 4) is 11.6 Å². The standard InChI is InChI=1S/C20H22F3N3O3/c1-19(28)5-7-26(8-6-19)18(27)14-3-2-4-15(11-14)29-17-10-13(12-24)9-16(25-17)20(21,22)23/h2-4,9-11,28H,5-8,12,24H2,1H3. The maximum atomic E-state index is 13.0. The van der Waals surface area contributed by atoms with Gasteiger partial charge in [-0.15, -0.1) is 0 Å². The lowest BCUT2D eigenvalue weighted by Crippen LogP contribution is -2.45. The van der Waals surface area contributed by atoms with Crippen LogP contribution in [-0.2, 0) is 12.7 Å². The Bertz CT molecular complexity index is 890. The minimum atomic E-state index is -4.63. The van der Waals surface area contributed by atoms with Crippen LogP contribution in [0.3, 0.4) is 0 Å². The molecule has 0 atom stereocenters. The zero-order chi connectivity index (χ0) is 21.2. The molecule has 2 aromatic rings. The summed E-state index contributed by atoms with van der Waals surface area (Å²) in [7, 11) is 0. The van der Waals surface area contributed by atoms with Crippen LogP contribution < -0.4 is 10.5 Å². The van der Waals surface area contributed by atoms with Gasteiger partial charge in [0.2, 0.25) is 5.88 Å². The van der Waals surface area contributed by atoms with E-state index in [0.29, 0.717) is 31.5 Å². The van der Waals surface area contributed by atoms with Gasteiger partial charge in [-0.3, -0.25) is 4.79 Å². The van der Waals surface area contributed by atoms with Crippen LogP contribution in [0.15, 0.2) is 36.4 Å². The number of benzene rings is 1. The van der Waals surface area contributed by atoms with E-state index in [1.54, 1.807) is 24.0 Å². The monoisotopic (exact) mass is 409 g/mol. The molecule has 1 aromatic carbocycles. The summed E-state index contributed by atoms with van der Waals surface area (Å²) in [4.78, 5) is 17.8. The van der Waals surface area contributed by atoms with E-state index in [0.717, 1.165) is 6.07 Å². The van der Waals surface area contributed by atoms with E-state index >= 15 is 0 Å². The molecule has 1 aromatic heterocycles. The van der Waals surface area contributed by atoms with Gasteiger partial charge < -0.3 is 20.5 Å². The maximum absolute atomic E-state index is 13.0. The minimum Gasteiger partial charge on any atom is -0.439 e. The van der Waals surface area contributed by atoms with E-state index in [2.05, 4.69) is 4.98 Å². The van der Waals surface area contributed by atoms with Gasteiger partial charge in [0.1, 0.15) is 11.4 Å². The molecule has 0 bridgehead atoms. The maximum Gasteiger partial charge on any atom is 0.433 e. The first-order valence-corrected chi connectivity index (χ1v) is 9.15. The molecule has 2 heterocycles. The van der Waals surface area contributed by atoms with Gasteiger partial charge in [0.05, 0.1) is 5.60 Å². The number of rotatable bonds is 4. The molecule has 0 radical (unpaired) electrons. The molecule has 1 amide bonds. The van der Waals surface area contributed by atoms with Gasteiger partial charge in [0.15, 0.2) is 0 Å². The molecule has 0 spiro atoms. The fourth-order valence-electron chi connectivity index (χ4n) is 3.06. The first kappa shape index (κ1) is 21.1. The fourth-order valence-corrected chi connectivity index (χ4v) is 3.06. The van der Waals surface area contributed by atoms with E-state index < -0.39 is 17.5 Å². The van der Waals surface area contributed by atoms with Crippen molar-refractivity contribution in [2.24, 2.45) is 5.73 Å². The van der Waals surface area contributed by atoms with Crippen LogP contribution in [0, 0.1) is 0 Å². The number of aromatic nitrogens is 1. The number of hydrogen-bond acceptors (Lipinski definition) is 5. The molecule has 0 unspecified atom stereocenters. The second kappa shape index (κ2) is 8.00. The average Bonchev–Trinajstić information content (AvgIpc) is 2.66. The molecule has 0 saturated carbocycles. The number of carbonyl (C=O) groups is 1. The van der Waals surface area contributed by atoms with Crippen LogP contribution in [-0.4, -0.2) is 39.6 Å². The highest BCUT2D eigenvalue weighted by molar-refractivity contribution is 5.94. The molecular formula is C20H22F3N3O3. The zero-order valence-corrected chi connectivity index (χ0v) is 15.9. The number of alkyl halides is 3.